The molecule has 282 valence electrons. The van der Waals surface area contributed by atoms with Gasteiger partial charge in [-0.25, -0.2) is 0 Å². The van der Waals surface area contributed by atoms with Crippen molar-refractivity contribution < 1.29 is 39.8 Å². The summed E-state index contributed by atoms with van der Waals surface area (Å²) in [6.45, 7) is -0.525. The van der Waals surface area contributed by atoms with Gasteiger partial charge in [-0.1, -0.05) is 60.1 Å². The van der Waals surface area contributed by atoms with Crippen LogP contribution in [0, 0.1) is 0 Å². The topological polar surface area (TPSA) is 153 Å². The molecule has 2 saturated carbocycles. The molecule has 12 heteroatoms. The van der Waals surface area contributed by atoms with Crippen LogP contribution in [0.1, 0.15) is 55.2 Å². The molecule has 53 heavy (non-hydrogen) atoms. The number of hydrogen-bond acceptors (Lipinski definition) is 10. The second-order valence-corrected chi connectivity index (χ2v) is 15.4. The number of nitrogens with zero attached hydrogens (tertiary/aromatic N) is 2. The number of aromatic nitrogens is 1. The molecule has 0 aliphatic heterocycles. The van der Waals surface area contributed by atoms with Crippen LogP contribution in [0.25, 0.3) is 11.1 Å². The van der Waals surface area contributed by atoms with Crippen LogP contribution >= 0.6 is 23.4 Å². The van der Waals surface area contributed by atoms with Crippen LogP contribution in [0.3, 0.4) is 0 Å². The van der Waals surface area contributed by atoms with Gasteiger partial charge in [0.1, 0.15) is 30.2 Å². The third-order valence-corrected chi connectivity index (χ3v) is 11.1. The number of hydrogen-bond donors (Lipinski definition) is 5. The highest BCUT2D eigenvalue weighted by Gasteiger charge is 2.48. The van der Waals surface area contributed by atoms with Crippen molar-refractivity contribution in [3.8, 4) is 16.9 Å². The Morgan fingerprint density at radius 2 is 1.68 bits per heavy atom. The molecule has 3 aromatic carbocycles. The maximum atomic E-state index is 13.4. The number of ether oxygens (including phenoxy) is 2. The quantitative estimate of drug-likeness (QED) is 0.0578. The van der Waals surface area contributed by atoms with E-state index in [-0.39, 0.29) is 31.5 Å². The van der Waals surface area contributed by atoms with E-state index in [0.29, 0.717) is 23.8 Å². The van der Waals surface area contributed by atoms with Gasteiger partial charge in [-0.15, -0.1) is 11.8 Å². The lowest BCUT2D eigenvalue weighted by Gasteiger charge is -2.30. The Hall–Kier alpha value is -3.52. The zero-order chi connectivity index (χ0) is 37.4. The predicted molar refractivity (Wildman–Crippen MR) is 203 cm³/mol. The molecule has 0 bridgehead atoms. The number of aliphatic hydroxyl groups is 5. The van der Waals surface area contributed by atoms with Gasteiger partial charge in [-0.05, 0) is 84.9 Å². The van der Waals surface area contributed by atoms with E-state index < -0.39 is 36.6 Å². The fourth-order valence-electron chi connectivity index (χ4n) is 6.25. The van der Waals surface area contributed by atoms with Gasteiger partial charge in [0, 0.05) is 52.9 Å². The molecule has 6 rings (SSSR count). The lowest BCUT2D eigenvalue weighted by Crippen LogP contribution is -2.50. The summed E-state index contributed by atoms with van der Waals surface area (Å²) in [7, 11) is 0. The number of para-hydroxylation sites is 1. The van der Waals surface area contributed by atoms with Gasteiger partial charge >= 0.3 is 0 Å². The number of amides is 1. The summed E-state index contributed by atoms with van der Waals surface area (Å²) in [6.07, 6.45) is 1.95. The third kappa shape index (κ3) is 10.4. The fraction of sp³-hybridized carbons (Fsp3) is 0.415. The number of benzene rings is 3. The smallest absolute Gasteiger partial charge is 0.222 e. The molecule has 1 aromatic heterocycles. The molecule has 2 fully saturated rings. The number of pyridine rings is 1. The van der Waals surface area contributed by atoms with Crippen molar-refractivity contribution in [2.45, 2.75) is 92.7 Å². The van der Waals surface area contributed by atoms with Crippen molar-refractivity contribution >= 4 is 29.3 Å². The summed E-state index contributed by atoms with van der Waals surface area (Å²) in [5, 5.41) is 50.5. The number of aliphatic hydroxyl groups excluding tert-OH is 5. The van der Waals surface area contributed by atoms with Crippen LogP contribution in [0.5, 0.6) is 5.75 Å². The summed E-state index contributed by atoms with van der Waals surface area (Å²) in [5.41, 5.74) is 4.39. The first-order valence-electron chi connectivity index (χ1n) is 18.1. The first-order chi connectivity index (χ1) is 25.7. The zero-order valence-corrected chi connectivity index (χ0v) is 31.0. The summed E-state index contributed by atoms with van der Waals surface area (Å²) in [4.78, 5) is 20.3. The standard InChI is InChI=1S/C41H47ClN2O8S/c42-34-15-14-30(53-20-6-11-38(48)44(23-27-7-2-1-3-8-27)24-35(46)39(49)40(50)36(47)25-45)21-28(34)26-51-41(17-18-41)33-22-43-19-16-31(33)32-9-4-5-10-37(32)52-29-12-13-29/h1-5,7-10,14-16,19,21-22,29,35-36,39-40,45-47,49-50H,6,11-13,17-18,20,23-26H2/t35-,36+,39+,40+/m0/s1. The van der Waals surface area contributed by atoms with E-state index in [4.69, 9.17) is 26.2 Å². The summed E-state index contributed by atoms with van der Waals surface area (Å²) >= 11 is 8.26. The molecule has 0 unspecified atom stereocenters. The summed E-state index contributed by atoms with van der Waals surface area (Å²) in [6, 6.07) is 25.3. The molecule has 0 radical (unpaired) electrons. The molecular formula is C41H47ClN2O8S. The van der Waals surface area contributed by atoms with Crippen LogP contribution in [-0.4, -0.2) is 90.7 Å². The third-order valence-electron chi connectivity index (χ3n) is 9.64. The largest absolute Gasteiger partial charge is 0.490 e. The fourth-order valence-corrected chi connectivity index (χ4v) is 7.34. The summed E-state index contributed by atoms with van der Waals surface area (Å²) in [5.74, 6) is 1.29. The van der Waals surface area contributed by atoms with E-state index in [1.807, 2.05) is 79.0 Å². The zero-order valence-electron chi connectivity index (χ0n) is 29.5. The van der Waals surface area contributed by atoms with Gasteiger partial charge in [0.05, 0.1) is 24.9 Å². The lowest BCUT2D eigenvalue weighted by molar-refractivity contribution is -0.140. The maximum absolute atomic E-state index is 13.4. The number of carbonyl (C=O) groups excluding carboxylic acids is 1. The molecule has 1 amide bonds. The Morgan fingerprint density at radius 3 is 2.42 bits per heavy atom. The first-order valence-corrected chi connectivity index (χ1v) is 19.4. The molecule has 10 nitrogen and oxygen atoms in total. The van der Waals surface area contributed by atoms with Gasteiger partial charge < -0.3 is 39.9 Å². The van der Waals surface area contributed by atoms with Crippen molar-refractivity contribution in [1.29, 1.82) is 0 Å². The van der Waals surface area contributed by atoms with Gasteiger partial charge in [0.2, 0.25) is 5.91 Å². The Morgan fingerprint density at radius 1 is 0.943 bits per heavy atom. The Labute approximate surface area is 319 Å². The van der Waals surface area contributed by atoms with E-state index in [9.17, 15) is 25.2 Å². The second-order valence-electron chi connectivity index (χ2n) is 13.8. The minimum Gasteiger partial charge on any atom is -0.490 e. The highest BCUT2D eigenvalue weighted by molar-refractivity contribution is 7.99. The number of thioether (sulfide) groups is 1. The van der Waals surface area contributed by atoms with Crippen molar-refractivity contribution in [3.05, 3.63) is 113 Å². The molecule has 0 saturated heterocycles. The Bertz CT molecular complexity index is 1810. The normalized spacial score (nSPS) is 17.1. The Kier molecular flexibility index (Phi) is 13.5. The van der Waals surface area contributed by atoms with Gasteiger partial charge in [-0.3, -0.25) is 9.78 Å². The Balaban J connectivity index is 1.05. The van der Waals surface area contributed by atoms with Crippen LogP contribution in [-0.2, 0) is 28.3 Å². The van der Waals surface area contributed by atoms with Crippen molar-refractivity contribution in [1.82, 2.24) is 9.88 Å². The molecule has 2 aliphatic rings. The van der Waals surface area contributed by atoms with Crippen molar-refractivity contribution in [2.75, 3.05) is 18.9 Å². The molecule has 2 aliphatic carbocycles. The molecule has 1 heterocycles. The van der Waals surface area contributed by atoms with E-state index in [1.165, 1.54) is 4.90 Å². The van der Waals surface area contributed by atoms with Gasteiger partial charge in [0.25, 0.3) is 0 Å². The van der Waals surface area contributed by atoms with Crippen LogP contribution in [0.15, 0.2) is 96.2 Å². The number of halogens is 1. The van der Waals surface area contributed by atoms with E-state index >= 15 is 0 Å². The van der Waals surface area contributed by atoms with Crippen molar-refractivity contribution in [3.63, 3.8) is 0 Å². The molecule has 4 atom stereocenters. The molecular weight excluding hydrogens is 716 g/mol. The van der Waals surface area contributed by atoms with E-state index in [1.54, 1.807) is 18.0 Å². The van der Waals surface area contributed by atoms with E-state index in [0.717, 1.165) is 64.1 Å². The minimum absolute atomic E-state index is 0.193. The number of carbonyl (C=O) groups is 1. The predicted octanol–water partition coefficient (Wildman–Crippen LogP) is 5.49. The molecule has 0 spiro atoms. The first kappa shape index (κ1) is 39.2. The van der Waals surface area contributed by atoms with Crippen LogP contribution in [0.4, 0.5) is 0 Å². The van der Waals surface area contributed by atoms with E-state index in [2.05, 4.69) is 11.1 Å². The monoisotopic (exact) mass is 762 g/mol. The van der Waals surface area contributed by atoms with Crippen LogP contribution < -0.4 is 4.74 Å². The van der Waals surface area contributed by atoms with Crippen LogP contribution in [0.2, 0.25) is 5.02 Å². The van der Waals surface area contributed by atoms with Gasteiger partial charge in [0.15, 0.2) is 0 Å². The van der Waals surface area contributed by atoms with Gasteiger partial charge in [-0.2, -0.15) is 0 Å². The second kappa shape index (κ2) is 18.2. The minimum atomic E-state index is -1.77. The highest BCUT2D eigenvalue weighted by atomic mass is 35.5. The average molecular weight is 763 g/mol. The van der Waals surface area contributed by atoms with Crippen molar-refractivity contribution in [2.24, 2.45) is 0 Å². The summed E-state index contributed by atoms with van der Waals surface area (Å²) < 4.78 is 12.9. The highest BCUT2D eigenvalue weighted by Crippen LogP contribution is 2.53. The average Bonchev–Trinajstić information content (AvgIpc) is 4.13. The lowest BCUT2D eigenvalue weighted by atomic mass is 9.96. The molecule has 5 N–H and O–H groups in total. The SMILES string of the molecule is O=C(CCCSc1ccc(Cl)c(COC2(c3cnccc3-c3ccccc3OC3CC3)CC2)c1)N(Cc1ccccc1)C[C@H](O)[C@@H](O)[C@H](O)[C@H](O)CO. The number of rotatable bonds is 20. The molecule has 4 aromatic rings. The maximum Gasteiger partial charge on any atom is 0.222 e.